The molecule has 0 spiro atoms. The molecule has 0 bridgehead atoms. The van der Waals surface area contributed by atoms with Crippen LogP contribution in [0.1, 0.15) is 23.7 Å². The Labute approximate surface area is 110 Å². The third-order valence-electron chi connectivity index (χ3n) is 3.01. The van der Waals surface area contributed by atoms with Crippen LogP contribution in [-0.2, 0) is 4.79 Å². The van der Waals surface area contributed by atoms with Gasteiger partial charge in [-0.2, -0.15) is 0 Å². The second kappa shape index (κ2) is 5.09. The van der Waals surface area contributed by atoms with E-state index in [1.165, 1.54) is 11.8 Å². The molecule has 1 atom stereocenters. The summed E-state index contributed by atoms with van der Waals surface area (Å²) in [5, 5.41) is 11.5. The molecule has 6 heteroatoms. The zero-order valence-electron chi connectivity index (χ0n) is 10.4. The number of carboxylic acids is 1. The standard InChI is InChI=1S/C13H14N2O4/c1-8(16)9-3-2-4-10(5-9)15-11(6-12(17)18)7-14-13(15)19/h2-5,11H,6-7H2,1H3,(H,14,19)(H,17,18). The van der Waals surface area contributed by atoms with Crippen molar-refractivity contribution in [1.29, 1.82) is 0 Å². The van der Waals surface area contributed by atoms with Crippen molar-refractivity contribution in [2.45, 2.75) is 19.4 Å². The SMILES string of the molecule is CC(=O)c1cccc(N2C(=O)NCC2CC(=O)O)c1. The molecule has 1 aromatic carbocycles. The van der Waals surface area contributed by atoms with Gasteiger partial charge in [-0.15, -0.1) is 0 Å². The number of hydrogen-bond donors (Lipinski definition) is 2. The molecule has 1 heterocycles. The first-order chi connectivity index (χ1) is 8.99. The minimum absolute atomic E-state index is 0.101. The van der Waals surface area contributed by atoms with Gasteiger partial charge >= 0.3 is 12.0 Å². The van der Waals surface area contributed by atoms with Crippen molar-refractivity contribution < 1.29 is 19.5 Å². The lowest BCUT2D eigenvalue weighted by atomic mass is 10.1. The molecule has 6 nitrogen and oxygen atoms in total. The number of benzene rings is 1. The number of ketones is 1. The lowest BCUT2D eigenvalue weighted by molar-refractivity contribution is -0.137. The minimum atomic E-state index is -0.964. The third kappa shape index (κ3) is 2.73. The van der Waals surface area contributed by atoms with Crippen LogP contribution >= 0.6 is 0 Å². The summed E-state index contributed by atoms with van der Waals surface area (Å²) >= 11 is 0. The molecule has 0 aliphatic carbocycles. The van der Waals surface area contributed by atoms with Gasteiger partial charge in [-0.25, -0.2) is 4.79 Å². The Morgan fingerprint density at radius 3 is 2.84 bits per heavy atom. The summed E-state index contributed by atoms with van der Waals surface area (Å²) in [6.45, 7) is 1.73. The van der Waals surface area contributed by atoms with E-state index < -0.39 is 12.0 Å². The van der Waals surface area contributed by atoms with Crippen LogP contribution in [0.15, 0.2) is 24.3 Å². The average Bonchev–Trinajstić information content (AvgIpc) is 2.69. The van der Waals surface area contributed by atoms with E-state index in [2.05, 4.69) is 5.32 Å². The number of Topliss-reactive ketones (excluding diaryl/α,β-unsaturated/α-hetero) is 1. The summed E-state index contributed by atoms with van der Waals surface area (Å²) < 4.78 is 0. The van der Waals surface area contributed by atoms with Crippen molar-refractivity contribution in [1.82, 2.24) is 5.32 Å². The molecular formula is C13H14N2O4. The fourth-order valence-corrected chi connectivity index (χ4v) is 2.12. The highest BCUT2D eigenvalue weighted by Crippen LogP contribution is 2.23. The van der Waals surface area contributed by atoms with Gasteiger partial charge in [-0.3, -0.25) is 14.5 Å². The Balaban J connectivity index is 2.32. The second-order valence-corrected chi connectivity index (χ2v) is 4.41. The number of amides is 2. The largest absolute Gasteiger partial charge is 0.481 e. The lowest BCUT2D eigenvalue weighted by Gasteiger charge is -2.22. The maximum Gasteiger partial charge on any atom is 0.322 e. The lowest BCUT2D eigenvalue weighted by Crippen LogP contribution is -2.35. The molecule has 1 saturated heterocycles. The number of hydrogen-bond acceptors (Lipinski definition) is 3. The highest BCUT2D eigenvalue weighted by atomic mass is 16.4. The predicted octanol–water partition coefficient (Wildman–Crippen LogP) is 1.26. The van der Waals surface area contributed by atoms with Crippen LogP contribution in [0.3, 0.4) is 0 Å². The molecule has 100 valence electrons. The summed E-state index contributed by atoms with van der Waals surface area (Å²) in [7, 11) is 0. The van der Waals surface area contributed by atoms with Gasteiger partial charge in [0.05, 0.1) is 12.5 Å². The fourth-order valence-electron chi connectivity index (χ4n) is 2.12. The van der Waals surface area contributed by atoms with Crippen LogP contribution in [0.5, 0.6) is 0 Å². The van der Waals surface area contributed by atoms with Crippen molar-refractivity contribution in [2.75, 3.05) is 11.4 Å². The summed E-state index contributed by atoms with van der Waals surface area (Å²) in [6, 6.07) is 5.84. The molecule has 1 aromatic rings. The molecule has 0 radical (unpaired) electrons. The summed E-state index contributed by atoms with van der Waals surface area (Å²) in [6.07, 6.45) is -0.136. The molecule has 1 unspecified atom stereocenters. The molecule has 19 heavy (non-hydrogen) atoms. The van der Waals surface area contributed by atoms with Crippen LogP contribution in [0, 0.1) is 0 Å². The van der Waals surface area contributed by atoms with E-state index >= 15 is 0 Å². The zero-order valence-corrected chi connectivity index (χ0v) is 10.4. The maximum absolute atomic E-state index is 11.8. The third-order valence-corrected chi connectivity index (χ3v) is 3.01. The van der Waals surface area contributed by atoms with Gasteiger partial charge in [-0.05, 0) is 19.1 Å². The van der Waals surface area contributed by atoms with E-state index in [1.807, 2.05) is 0 Å². The molecule has 1 aliphatic heterocycles. The molecule has 1 aliphatic rings. The molecule has 2 N–H and O–H groups in total. The van der Waals surface area contributed by atoms with Crippen molar-refractivity contribution in [3.63, 3.8) is 0 Å². The van der Waals surface area contributed by atoms with Gasteiger partial charge in [0.2, 0.25) is 0 Å². The Hall–Kier alpha value is -2.37. The molecule has 0 aromatic heterocycles. The van der Waals surface area contributed by atoms with E-state index in [4.69, 9.17) is 5.11 Å². The Morgan fingerprint density at radius 1 is 1.47 bits per heavy atom. The number of anilines is 1. The average molecular weight is 262 g/mol. The van der Waals surface area contributed by atoms with E-state index in [0.717, 1.165) is 0 Å². The predicted molar refractivity (Wildman–Crippen MR) is 68.4 cm³/mol. The Kier molecular flexibility index (Phi) is 3.50. The van der Waals surface area contributed by atoms with Crippen molar-refractivity contribution in [2.24, 2.45) is 0 Å². The van der Waals surface area contributed by atoms with Crippen LogP contribution in [0.4, 0.5) is 10.5 Å². The quantitative estimate of drug-likeness (QED) is 0.800. The zero-order chi connectivity index (χ0) is 14.0. The van der Waals surface area contributed by atoms with Crippen LogP contribution in [0.2, 0.25) is 0 Å². The van der Waals surface area contributed by atoms with E-state index in [9.17, 15) is 14.4 Å². The number of carboxylic acid groups (broad SMARTS) is 1. The van der Waals surface area contributed by atoms with Crippen molar-refractivity contribution in [3.8, 4) is 0 Å². The first-order valence-electron chi connectivity index (χ1n) is 5.89. The highest BCUT2D eigenvalue weighted by molar-refractivity contribution is 5.99. The molecule has 1 fully saturated rings. The van der Waals surface area contributed by atoms with Gasteiger partial charge < -0.3 is 10.4 Å². The first kappa shape index (κ1) is 13.1. The topological polar surface area (TPSA) is 86.7 Å². The first-order valence-corrected chi connectivity index (χ1v) is 5.89. The summed E-state index contributed by atoms with van der Waals surface area (Å²) in [4.78, 5) is 35.3. The van der Waals surface area contributed by atoms with Gasteiger partial charge in [-0.1, -0.05) is 12.1 Å². The molecule has 0 saturated carbocycles. The van der Waals surface area contributed by atoms with Crippen LogP contribution < -0.4 is 10.2 Å². The molecule has 2 amide bonds. The van der Waals surface area contributed by atoms with Crippen molar-refractivity contribution in [3.05, 3.63) is 29.8 Å². The number of urea groups is 1. The highest BCUT2D eigenvalue weighted by Gasteiger charge is 2.33. The minimum Gasteiger partial charge on any atom is -0.481 e. The van der Waals surface area contributed by atoms with Crippen LogP contribution in [0.25, 0.3) is 0 Å². The van der Waals surface area contributed by atoms with E-state index in [0.29, 0.717) is 11.3 Å². The van der Waals surface area contributed by atoms with Gasteiger partial charge in [0, 0.05) is 17.8 Å². The van der Waals surface area contributed by atoms with E-state index in [-0.39, 0.29) is 24.8 Å². The molecular weight excluding hydrogens is 248 g/mol. The summed E-state index contributed by atoms with van der Waals surface area (Å²) in [5.74, 6) is -1.06. The number of nitrogens with one attached hydrogen (secondary N) is 1. The van der Waals surface area contributed by atoms with Gasteiger partial charge in [0.1, 0.15) is 0 Å². The van der Waals surface area contributed by atoms with Gasteiger partial charge in [0.25, 0.3) is 0 Å². The number of rotatable bonds is 4. The van der Waals surface area contributed by atoms with Gasteiger partial charge in [0.15, 0.2) is 5.78 Å². The second-order valence-electron chi connectivity index (χ2n) is 4.41. The number of carbonyl (C=O) groups excluding carboxylic acids is 2. The number of nitrogens with zero attached hydrogens (tertiary/aromatic N) is 1. The number of carbonyl (C=O) groups is 3. The molecule has 2 rings (SSSR count). The van der Waals surface area contributed by atoms with Crippen molar-refractivity contribution >= 4 is 23.5 Å². The maximum atomic E-state index is 11.8. The summed E-state index contributed by atoms with van der Waals surface area (Å²) in [5.41, 5.74) is 1.03. The Morgan fingerprint density at radius 2 is 2.21 bits per heavy atom. The monoisotopic (exact) mass is 262 g/mol. The number of aliphatic carboxylic acids is 1. The smallest absolute Gasteiger partial charge is 0.322 e. The fraction of sp³-hybridized carbons (Fsp3) is 0.308. The van der Waals surface area contributed by atoms with E-state index in [1.54, 1.807) is 24.3 Å². The Bertz CT molecular complexity index is 541. The normalized spacial score (nSPS) is 18.3. The van der Waals surface area contributed by atoms with Crippen LogP contribution in [-0.4, -0.2) is 35.5 Å².